The number of halogens is 1. The molecule has 128 valence electrons. The van der Waals surface area contributed by atoms with E-state index in [0.29, 0.717) is 22.2 Å². The highest BCUT2D eigenvalue weighted by Crippen LogP contribution is 2.29. The number of ether oxygens (including phenoxy) is 1. The molecule has 24 heavy (non-hydrogen) atoms. The number of methoxy groups -OCH3 is 1. The Labute approximate surface area is 150 Å². The van der Waals surface area contributed by atoms with E-state index in [4.69, 9.17) is 17.0 Å². The minimum Gasteiger partial charge on any atom is -0.465 e. The lowest BCUT2D eigenvalue weighted by Crippen LogP contribution is -2.30. The maximum absolute atomic E-state index is 12.9. The molecule has 2 N–H and O–H groups in total. The van der Waals surface area contributed by atoms with Crippen LogP contribution in [0, 0.1) is 5.82 Å². The standard InChI is InChI=1S/C17H19FN2O2S2/c1-3-13-10-14(16(21)22-2)15(24-13)20-17(23)19-9-8-11-4-6-12(18)7-5-11/h4-7,10H,3,8-9H2,1-2H3,(H2,19,20,23). The lowest BCUT2D eigenvalue weighted by atomic mass is 10.1. The number of carbonyl (C=O) groups excluding carboxylic acids is 1. The first kappa shape index (κ1) is 18.4. The van der Waals surface area contributed by atoms with Gasteiger partial charge in [0.05, 0.1) is 12.7 Å². The highest BCUT2D eigenvalue weighted by Gasteiger charge is 2.16. The van der Waals surface area contributed by atoms with E-state index in [0.717, 1.165) is 23.3 Å². The molecule has 1 aromatic carbocycles. The van der Waals surface area contributed by atoms with Gasteiger partial charge in [-0.2, -0.15) is 0 Å². The topological polar surface area (TPSA) is 50.4 Å². The smallest absolute Gasteiger partial charge is 0.340 e. The van der Waals surface area contributed by atoms with Gasteiger partial charge in [-0.3, -0.25) is 0 Å². The number of anilines is 1. The van der Waals surface area contributed by atoms with Crippen LogP contribution in [0.5, 0.6) is 0 Å². The summed E-state index contributed by atoms with van der Waals surface area (Å²) in [5.41, 5.74) is 1.51. The van der Waals surface area contributed by atoms with Gasteiger partial charge < -0.3 is 15.4 Å². The van der Waals surface area contributed by atoms with Gasteiger partial charge in [0.1, 0.15) is 10.8 Å². The zero-order valence-corrected chi connectivity index (χ0v) is 15.2. The van der Waals surface area contributed by atoms with Crippen LogP contribution in [-0.4, -0.2) is 24.7 Å². The Kier molecular flexibility index (Phi) is 6.69. The number of esters is 1. The van der Waals surface area contributed by atoms with Crippen molar-refractivity contribution in [1.82, 2.24) is 5.32 Å². The van der Waals surface area contributed by atoms with Crippen molar-refractivity contribution in [3.8, 4) is 0 Å². The first-order chi connectivity index (χ1) is 11.5. The zero-order valence-electron chi connectivity index (χ0n) is 13.5. The molecule has 0 aliphatic rings. The lowest BCUT2D eigenvalue weighted by Gasteiger charge is -2.10. The number of benzene rings is 1. The predicted octanol–water partition coefficient (Wildman–Crippen LogP) is 3.77. The molecular formula is C17H19FN2O2S2. The van der Waals surface area contributed by atoms with Crippen LogP contribution >= 0.6 is 23.6 Å². The van der Waals surface area contributed by atoms with Crippen LogP contribution in [0.15, 0.2) is 30.3 Å². The van der Waals surface area contributed by atoms with Gasteiger partial charge in [-0.15, -0.1) is 11.3 Å². The molecule has 2 aromatic rings. The number of nitrogens with one attached hydrogen (secondary N) is 2. The summed E-state index contributed by atoms with van der Waals surface area (Å²) in [5, 5.41) is 7.26. The summed E-state index contributed by atoms with van der Waals surface area (Å²) in [6.45, 7) is 2.63. The summed E-state index contributed by atoms with van der Waals surface area (Å²) in [5.74, 6) is -0.633. The number of aryl methyl sites for hydroxylation is 1. The van der Waals surface area contributed by atoms with E-state index in [-0.39, 0.29) is 11.8 Å². The van der Waals surface area contributed by atoms with Gasteiger partial charge in [0, 0.05) is 11.4 Å². The van der Waals surface area contributed by atoms with Gasteiger partial charge in [0.15, 0.2) is 5.11 Å². The second-order valence-corrected chi connectivity index (χ2v) is 6.60. The number of carbonyl (C=O) groups is 1. The average molecular weight is 366 g/mol. The van der Waals surface area contributed by atoms with Crippen molar-refractivity contribution < 1.29 is 13.9 Å². The largest absolute Gasteiger partial charge is 0.465 e. The van der Waals surface area contributed by atoms with Gasteiger partial charge in [-0.25, -0.2) is 9.18 Å². The predicted molar refractivity (Wildman–Crippen MR) is 99.4 cm³/mol. The van der Waals surface area contributed by atoms with Crippen LogP contribution in [0.4, 0.5) is 9.39 Å². The highest BCUT2D eigenvalue weighted by atomic mass is 32.1. The molecule has 4 nitrogen and oxygen atoms in total. The van der Waals surface area contributed by atoms with Crippen LogP contribution in [0.25, 0.3) is 0 Å². The SMILES string of the molecule is CCc1cc(C(=O)OC)c(NC(=S)NCCc2ccc(F)cc2)s1. The Balaban J connectivity index is 1.91. The van der Waals surface area contributed by atoms with Crippen molar-refractivity contribution in [2.75, 3.05) is 19.0 Å². The summed E-state index contributed by atoms with van der Waals surface area (Å²) in [6, 6.07) is 8.18. The van der Waals surface area contributed by atoms with Gasteiger partial charge in [-0.05, 0) is 48.8 Å². The molecule has 0 bridgehead atoms. The fourth-order valence-corrected chi connectivity index (χ4v) is 3.35. The van der Waals surface area contributed by atoms with E-state index in [9.17, 15) is 9.18 Å². The Hall–Kier alpha value is -1.99. The van der Waals surface area contributed by atoms with E-state index in [2.05, 4.69) is 10.6 Å². The number of thiophene rings is 1. The molecule has 0 aliphatic carbocycles. The Bertz CT molecular complexity index is 714. The molecule has 0 spiro atoms. The van der Waals surface area contributed by atoms with Crippen molar-refractivity contribution >= 4 is 39.6 Å². The molecule has 0 saturated carbocycles. The van der Waals surface area contributed by atoms with Gasteiger partial charge in [0.2, 0.25) is 0 Å². The summed E-state index contributed by atoms with van der Waals surface area (Å²) < 4.78 is 17.7. The minimum atomic E-state index is -0.387. The summed E-state index contributed by atoms with van der Waals surface area (Å²) in [6.07, 6.45) is 1.55. The molecule has 1 aromatic heterocycles. The van der Waals surface area contributed by atoms with Crippen LogP contribution in [0.2, 0.25) is 0 Å². The monoisotopic (exact) mass is 366 g/mol. The summed E-state index contributed by atoms with van der Waals surface area (Å²) in [4.78, 5) is 12.9. The van der Waals surface area contributed by atoms with E-state index < -0.39 is 0 Å². The quantitative estimate of drug-likeness (QED) is 0.602. The van der Waals surface area contributed by atoms with Crippen LogP contribution < -0.4 is 10.6 Å². The molecule has 0 aliphatic heterocycles. The molecule has 7 heteroatoms. The molecule has 0 amide bonds. The first-order valence-electron chi connectivity index (χ1n) is 7.53. The molecule has 0 unspecified atom stereocenters. The van der Waals surface area contributed by atoms with E-state index in [1.165, 1.54) is 30.6 Å². The zero-order chi connectivity index (χ0) is 17.5. The van der Waals surface area contributed by atoms with Crippen LogP contribution in [-0.2, 0) is 17.6 Å². The normalized spacial score (nSPS) is 10.3. The van der Waals surface area contributed by atoms with Crippen molar-refractivity contribution in [3.63, 3.8) is 0 Å². The maximum Gasteiger partial charge on any atom is 0.340 e. The number of hydrogen-bond acceptors (Lipinski definition) is 4. The van der Waals surface area contributed by atoms with E-state index in [1.807, 2.05) is 13.0 Å². The Morgan fingerprint density at radius 2 is 2.04 bits per heavy atom. The third-order valence-corrected chi connectivity index (χ3v) is 4.82. The lowest BCUT2D eigenvalue weighted by molar-refractivity contribution is 0.0602. The fraction of sp³-hybridized carbons (Fsp3) is 0.294. The molecular weight excluding hydrogens is 347 g/mol. The fourth-order valence-electron chi connectivity index (χ4n) is 2.09. The van der Waals surface area contributed by atoms with E-state index in [1.54, 1.807) is 12.1 Å². The minimum absolute atomic E-state index is 0.247. The molecule has 0 radical (unpaired) electrons. The average Bonchev–Trinajstić information content (AvgIpc) is 2.99. The Morgan fingerprint density at radius 3 is 2.67 bits per heavy atom. The number of hydrogen-bond donors (Lipinski definition) is 2. The van der Waals surface area contributed by atoms with Crippen molar-refractivity contribution in [3.05, 3.63) is 52.2 Å². The molecule has 2 rings (SSSR count). The third-order valence-electron chi connectivity index (χ3n) is 3.38. The molecule has 1 heterocycles. The molecule has 0 atom stereocenters. The van der Waals surface area contributed by atoms with Crippen LogP contribution in [0.1, 0.15) is 27.7 Å². The number of thiocarbonyl (C=S) groups is 1. The first-order valence-corrected chi connectivity index (χ1v) is 8.76. The van der Waals surface area contributed by atoms with Crippen molar-refractivity contribution in [2.45, 2.75) is 19.8 Å². The third kappa shape index (κ3) is 5.01. The number of rotatable bonds is 6. The second kappa shape index (κ2) is 8.75. The molecule has 0 fully saturated rings. The highest BCUT2D eigenvalue weighted by molar-refractivity contribution is 7.80. The van der Waals surface area contributed by atoms with Gasteiger partial charge in [0.25, 0.3) is 0 Å². The maximum atomic E-state index is 12.9. The van der Waals surface area contributed by atoms with Crippen LogP contribution in [0.3, 0.4) is 0 Å². The second-order valence-electron chi connectivity index (χ2n) is 5.06. The van der Waals surface area contributed by atoms with Gasteiger partial charge >= 0.3 is 5.97 Å². The Morgan fingerprint density at radius 1 is 1.33 bits per heavy atom. The molecule has 0 saturated heterocycles. The van der Waals surface area contributed by atoms with Crippen molar-refractivity contribution in [2.24, 2.45) is 0 Å². The van der Waals surface area contributed by atoms with Crippen molar-refractivity contribution in [1.29, 1.82) is 0 Å². The van der Waals surface area contributed by atoms with Gasteiger partial charge in [-0.1, -0.05) is 19.1 Å². The summed E-state index contributed by atoms with van der Waals surface area (Å²) >= 11 is 6.75. The van der Waals surface area contributed by atoms with E-state index >= 15 is 0 Å². The summed E-state index contributed by atoms with van der Waals surface area (Å²) in [7, 11) is 1.36.